The summed E-state index contributed by atoms with van der Waals surface area (Å²) in [5.74, 6) is 0.508. The lowest BCUT2D eigenvalue weighted by Gasteiger charge is -2.30. The Bertz CT molecular complexity index is 1030. The van der Waals surface area contributed by atoms with E-state index < -0.39 is 5.56 Å². The van der Waals surface area contributed by atoms with Crippen molar-refractivity contribution in [1.29, 1.82) is 0 Å². The first kappa shape index (κ1) is 17.1. The van der Waals surface area contributed by atoms with Crippen LogP contribution in [0.2, 0.25) is 10.0 Å². The van der Waals surface area contributed by atoms with E-state index in [1.54, 1.807) is 18.5 Å². The molecule has 134 valence electrons. The molecular formula is C17H14Cl2FN5O. The number of anilines is 1. The molecule has 0 unspecified atom stereocenters. The van der Waals surface area contributed by atoms with E-state index in [-0.39, 0.29) is 10.8 Å². The zero-order chi connectivity index (χ0) is 18.3. The van der Waals surface area contributed by atoms with Crippen molar-refractivity contribution in [2.45, 2.75) is 19.5 Å². The van der Waals surface area contributed by atoms with E-state index in [0.29, 0.717) is 36.8 Å². The van der Waals surface area contributed by atoms with Crippen LogP contribution in [0.15, 0.2) is 35.4 Å². The quantitative estimate of drug-likeness (QED) is 0.742. The maximum absolute atomic E-state index is 13.2. The standard InChI is InChI=1S/C17H14Cl2FN5O/c18-13-6-11(20)2-1-10(13)5-12-7-21-15-9-24(3-4-25(12)15)14-8-22-23-17(26)16(14)19/h1-2,6-8H,3-5,9H2,(H,23,26). The van der Waals surface area contributed by atoms with Crippen LogP contribution in [-0.4, -0.2) is 26.3 Å². The molecule has 4 rings (SSSR count). The third-order valence-electron chi connectivity index (χ3n) is 4.45. The minimum absolute atomic E-state index is 0.123. The van der Waals surface area contributed by atoms with Gasteiger partial charge < -0.3 is 9.47 Å². The summed E-state index contributed by atoms with van der Waals surface area (Å²) in [5.41, 5.74) is 2.03. The summed E-state index contributed by atoms with van der Waals surface area (Å²) < 4.78 is 15.3. The molecule has 3 heterocycles. The van der Waals surface area contributed by atoms with E-state index in [0.717, 1.165) is 17.1 Å². The molecule has 1 aliphatic rings. The third kappa shape index (κ3) is 3.08. The van der Waals surface area contributed by atoms with Gasteiger partial charge in [0, 0.05) is 36.4 Å². The monoisotopic (exact) mass is 393 g/mol. The molecule has 0 saturated carbocycles. The van der Waals surface area contributed by atoms with Crippen molar-refractivity contribution in [2.75, 3.05) is 11.4 Å². The summed E-state index contributed by atoms with van der Waals surface area (Å²) in [6.45, 7) is 1.87. The van der Waals surface area contributed by atoms with Crippen molar-refractivity contribution in [1.82, 2.24) is 19.7 Å². The van der Waals surface area contributed by atoms with Crippen molar-refractivity contribution in [3.8, 4) is 0 Å². The first-order chi connectivity index (χ1) is 12.5. The van der Waals surface area contributed by atoms with Gasteiger partial charge in [-0.15, -0.1) is 0 Å². The number of rotatable bonds is 3. The molecule has 9 heteroatoms. The highest BCUT2D eigenvalue weighted by atomic mass is 35.5. The van der Waals surface area contributed by atoms with Gasteiger partial charge >= 0.3 is 0 Å². The number of hydrogen-bond acceptors (Lipinski definition) is 4. The molecule has 0 fully saturated rings. The molecule has 0 amide bonds. The molecule has 0 bridgehead atoms. The molecule has 6 nitrogen and oxygen atoms in total. The van der Waals surface area contributed by atoms with Crippen LogP contribution in [0.25, 0.3) is 0 Å². The summed E-state index contributed by atoms with van der Waals surface area (Å²) in [7, 11) is 0. The molecule has 26 heavy (non-hydrogen) atoms. The van der Waals surface area contributed by atoms with E-state index in [4.69, 9.17) is 23.2 Å². The molecule has 0 spiro atoms. The van der Waals surface area contributed by atoms with Gasteiger partial charge in [0.15, 0.2) is 0 Å². The Morgan fingerprint density at radius 1 is 1.23 bits per heavy atom. The highest BCUT2D eigenvalue weighted by Crippen LogP contribution is 2.27. The van der Waals surface area contributed by atoms with Crippen LogP contribution >= 0.6 is 23.2 Å². The minimum Gasteiger partial charge on any atom is -0.360 e. The maximum atomic E-state index is 13.2. The average Bonchev–Trinajstić information content (AvgIpc) is 3.02. The number of benzene rings is 1. The van der Waals surface area contributed by atoms with Crippen LogP contribution in [0.3, 0.4) is 0 Å². The normalized spacial score (nSPS) is 13.7. The minimum atomic E-state index is -0.412. The van der Waals surface area contributed by atoms with Crippen molar-refractivity contribution in [3.63, 3.8) is 0 Å². The topological polar surface area (TPSA) is 66.8 Å². The molecule has 0 atom stereocenters. The number of nitrogens with zero attached hydrogens (tertiary/aromatic N) is 4. The summed E-state index contributed by atoms with van der Waals surface area (Å²) >= 11 is 12.2. The lowest BCUT2D eigenvalue weighted by atomic mass is 10.1. The Morgan fingerprint density at radius 3 is 2.88 bits per heavy atom. The predicted octanol–water partition coefficient (Wildman–Crippen LogP) is 3.02. The molecular weight excluding hydrogens is 380 g/mol. The molecule has 1 aliphatic heterocycles. The van der Waals surface area contributed by atoms with Gasteiger partial charge in [0.1, 0.15) is 16.7 Å². The number of aromatic amines is 1. The number of nitrogens with one attached hydrogen (secondary N) is 1. The van der Waals surface area contributed by atoms with Gasteiger partial charge in [-0.25, -0.2) is 14.5 Å². The van der Waals surface area contributed by atoms with E-state index in [2.05, 4.69) is 19.7 Å². The molecule has 1 aromatic carbocycles. The van der Waals surface area contributed by atoms with Crippen molar-refractivity contribution in [2.24, 2.45) is 0 Å². The van der Waals surface area contributed by atoms with Gasteiger partial charge in [0.2, 0.25) is 0 Å². The smallest absolute Gasteiger partial charge is 0.285 e. The lowest BCUT2D eigenvalue weighted by Crippen LogP contribution is -2.35. The van der Waals surface area contributed by atoms with Crippen LogP contribution in [0, 0.1) is 5.82 Å². The number of halogens is 3. The van der Waals surface area contributed by atoms with Crippen molar-refractivity contribution in [3.05, 3.63) is 73.9 Å². The predicted molar refractivity (Wildman–Crippen MR) is 97.4 cm³/mol. The zero-order valence-corrected chi connectivity index (χ0v) is 15.1. The van der Waals surface area contributed by atoms with Crippen molar-refractivity contribution >= 4 is 28.9 Å². The summed E-state index contributed by atoms with van der Waals surface area (Å²) in [5, 5.41) is 6.66. The van der Waals surface area contributed by atoms with E-state index in [9.17, 15) is 9.18 Å². The second kappa shape index (κ2) is 6.74. The SMILES string of the molecule is O=c1[nH]ncc(N2CCn3c(Cc4ccc(F)cc4Cl)cnc3C2)c1Cl. The van der Waals surface area contributed by atoms with E-state index >= 15 is 0 Å². The molecule has 0 saturated heterocycles. The number of aromatic nitrogens is 4. The van der Waals surface area contributed by atoms with Gasteiger partial charge in [-0.05, 0) is 17.7 Å². The van der Waals surface area contributed by atoms with Gasteiger partial charge in [-0.3, -0.25) is 4.79 Å². The van der Waals surface area contributed by atoms with Crippen LogP contribution in [0.4, 0.5) is 10.1 Å². The Hall–Kier alpha value is -2.38. The molecule has 3 aromatic rings. The fourth-order valence-electron chi connectivity index (χ4n) is 3.12. The summed E-state index contributed by atoms with van der Waals surface area (Å²) in [4.78, 5) is 18.1. The molecule has 0 aliphatic carbocycles. The van der Waals surface area contributed by atoms with E-state index in [1.807, 2.05) is 4.90 Å². The van der Waals surface area contributed by atoms with Crippen molar-refractivity contribution < 1.29 is 4.39 Å². The molecule has 1 N–H and O–H groups in total. The highest BCUT2D eigenvalue weighted by molar-refractivity contribution is 6.33. The number of hydrogen-bond donors (Lipinski definition) is 1. The fourth-order valence-corrected chi connectivity index (χ4v) is 3.57. The zero-order valence-electron chi connectivity index (χ0n) is 13.5. The number of fused-ring (bicyclic) bond motifs is 1. The highest BCUT2D eigenvalue weighted by Gasteiger charge is 2.23. The molecule has 0 radical (unpaired) electrons. The van der Waals surface area contributed by atoms with Gasteiger partial charge in [-0.2, -0.15) is 5.10 Å². The third-order valence-corrected chi connectivity index (χ3v) is 5.17. The van der Waals surface area contributed by atoms with Gasteiger partial charge in [-0.1, -0.05) is 29.3 Å². The second-order valence-corrected chi connectivity index (χ2v) is 6.83. The fraction of sp³-hybridized carbons (Fsp3) is 0.235. The van der Waals surface area contributed by atoms with E-state index in [1.165, 1.54) is 12.1 Å². The molecule has 2 aromatic heterocycles. The first-order valence-corrected chi connectivity index (χ1v) is 8.74. The van der Waals surface area contributed by atoms with Crippen LogP contribution in [0.5, 0.6) is 0 Å². The summed E-state index contributed by atoms with van der Waals surface area (Å²) in [6.07, 6.45) is 3.91. The Balaban J connectivity index is 1.59. The van der Waals surface area contributed by atoms with Crippen LogP contribution in [-0.2, 0) is 19.5 Å². The Morgan fingerprint density at radius 2 is 2.08 bits per heavy atom. The summed E-state index contributed by atoms with van der Waals surface area (Å²) in [6, 6.07) is 4.40. The van der Waals surface area contributed by atoms with Gasteiger partial charge in [0.05, 0.1) is 18.4 Å². The lowest BCUT2D eigenvalue weighted by molar-refractivity contribution is 0.546. The Labute approximate surface area is 158 Å². The first-order valence-electron chi connectivity index (χ1n) is 7.98. The second-order valence-electron chi connectivity index (χ2n) is 6.05. The van der Waals surface area contributed by atoms with Crippen LogP contribution < -0.4 is 10.5 Å². The number of H-pyrrole nitrogens is 1. The largest absolute Gasteiger partial charge is 0.360 e. The number of imidazole rings is 1. The maximum Gasteiger partial charge on any atom is 0.285 e. The Kier molecular flexibility index (Phi) is 4.42. The average molecular weight is 394 g/mol. The van der Waals surface area contributed by atoms with Gasteiger partial charge in [0.25, 0.3) is 5.56 Å². The van der Waals surface area contributed by atoms with Crippen LogP contribution in [0.1, 0.15) is 17.1 Å².